The van der Waals surface area contributed by atoms with E-state index >= 15 is 0 Å². The summed E-state index contributed by atoms with van der Waals surface area (Å²) in [6.45, 7) is 8.14. The second-order valence-corrected chi connectivity index (χ2v) is 5.44. The molecule has 0 atom stereocenters. The van der Waals surface area contributed by atoms with Crippen molar-refractivity contribution in [3.05, 3.63) is 0 Å². The lowest BCUT2D eigenvalue weighted by atomic mass is 9.96. The van der Waals surface area contributed by atoms with Crippen LogP contribution >= 0.6 is 0 Å². The number of nitrogens with zero attached hydrogens (tertiary/aromatic N) is 1. The number of rotatable bonds is 5. The molecule has 0 aromatic rings. The molecule has 18 heavy (non-hydrogen) atoms. The van der Waals surface area contributed by atoms with Gasteiger partial charge in [-0.05, 0) is 13.8 Å². The molecule has 0 spiro atoms. The number of carboxylic acids is 1. The van der Waals surface area contributed by atoms with E-state index in [1.165, 1.54) is 4.90 Å². The Morgan fingerprint density at radius 1 is 1.22 bits per heavy atom. The maximum absolute atomic E-state index is 11.8. The Balaban J connectivity index is 4.45. The topological polar surface area (TPSA) is 86.7 Å². The minimum atomic E-state index is -1.07. The zero-order chi connectivity index (χ0) is 14.5. The largest absolute Gasteiger partial charge is 0.480 e. The summed E-state index contributed by atoms with van der Waals surface area (Å²) < 4.78 is 0. The molecule has 0 aliphatic rings. The van der Waals surface area contributed by atoms with Crippen LogP contribution in [0.1, 0.15) is 34.6 Å². The minimum absolute atomic E-state index is 0.179. The zero-order valence-electron chi connectivity index (χ0n) is 11.6. The summed E-state index contributed by atoms with van der Waals surface area (Å²) in [5, 5.41) is 11.2. The summed E-state index contributed by atoms with van der Waals surface area (Å²) in [4.78, 5) is 35.2. The molecule has 0 fully saturated rings. The second-order valence-electron chi connectivity index (χ2n) is 5.44. The van der Waals surface area contributed by atoms with Crippen LogP contribution in [0.2, 0.25) is 0 Å². The highest BCUT2D eigenvalue weighted by atomic mass is 16.4. The third-order valence-corrected chi connectivity index (χ3v) is 2.33. The van der Waals surface area contributed by atoms with E-state index in [9.17, 15) is 14.4 Å². The van der Waals surface area contributed by atoms with E-state index in [2.05, 4.69) is 5.32 Å². The lowest BCUT2D eigenvalue weighted by molar-refractivity contribution is -0.145. The molecule has 0 heterocycles. The molecule has 0 saturated heterocycles. The zero-order valence-corrected chi connectivity index (χ0v) is 11.6. The highest BCUT2D eigenvalue weighted by Crippen LogP contribution is 2.12. The van der Waals surface area contributed by atoms with Crippen LogP contribution in [0.25, 0.3) is 0 Å². The molecule has 0 unspecified atom stereocenters. The molecule has 2 amide bonds. The maximum Gasteiger partial charge on any atom is 0.323 e. The summed E-state index contributed by atoms with van der Waals surface area (Å²) in [7, 11) is 0. The number of carbonyl (C=O) groups excluding carboxylic acids is 2. The number of carboxylic acid groups (broad SMARTS) is 1. The van der Waals surface area contributed by atoms with Gasteiger partial charge in [0.1, 0.15) is 6.54 Å². The van der Waals surface area contributed by atoms with Crippen molar-refractivity contribution >= 4 is 17.8 Å². The summed E-state index contributed by atoms with van der Waals surface area (Å²) in [5.74, 6) is -1.71. The van der Waals surface area contributed by atoms with Gasteiger partial charge in [0.05, 0.1) is 6.54 Å². The average molecular weight is 258 g/mol. The number of hydrogen-bond donors (Lipinski definition) is 2. The van der Waals surface area contributed by atoms with E-state index in [1.54, 1.807) is 34.6 Å². The Kier molecular flexibility index (Phi) is 5.81. The second kappa shape index (κ2) is 6.37. The maximum atomic E-state index is 11.8. The SMILES string of the molecule is CC(C)N(CC(=O)O)C(=O)CNC(=O)C(C)(C)C. The van der Waals surface area contributed by atoms with Gasteiger partial charge < -0.3 is 15.3 Å². The highest BCUT2D eigenvalue weighted by molar-refractivity contribution is 5.88. The van der Waals surface area contributed by atoms with Crippen molar-refractivity contribution in [1.82, 2.24) is 10.2 Å². The molecule has 2 N–H and O–H groups in total. The van der Waals surface area contributed by atoms with Crippen LogP contribution in [0.4, 0.5) is 0 Å². The third kappa shape index (κ3) is 5.65. The fourth-order valence-corrected chi connectivity index (χ4v) is 1.23. The van der Waals surface area contributed by atoms with Crippen molar-refractivity contribution in [2.75, 3.05) is 13.1 Å². The number of aliphatic carboxylic acids is 1. The monoisotopic (exact) mass is 258 g/mol. The van der Waals surface area contributed by atoms with Gasteiger partial charge in [-0.15, -0.1) is 0 Å². The number of hydrogen-bond acceptors (Lipinski definition) is 3. The Bertz CT molecular complexity index is 331. The van der Waals surface area contributed by atoms with E-state index in [4.69, 9.17) is 5.11 Å². The molecular formula is C12H22N2O4. The fraction of sp³-hybridized carbons (Fsp3) is 0.750. The molecule has 0 saturated carbocycles. The van der Waals surface area contributed by atoms with Crippen LogP contribution in [0, 0.1) is 5.41 Å². The Morgan fingerprint density at radius 3 is 2.06 bits per heavy atom. The van der Waals surface area contributed by atoms with Crippen molar-refractivity contribution in [2.24, 2.45) is 5.41 Å². The predicted octanol–water partition coefficient (Wildman–Crippen LogP) is 0.470. The first-order chi connectivity index (χ1) is 8.05. The van der Waals surface area contributed by atoms with Crippen LogP contribution in [0.5, 0.6) is 0 Å². The summed E-state index contributed by atoms with van der Waals surface area (Å²) in [6, 6.07) is -0.222. The van der Waals surface area contributed by atoms with Crippen molar-refractivity contribution in [1.29, 1.82) is 0 Å². The standard InChI is InChI=1S/C12H22N2O4/c1-8(2)14(7-10(16)17)9(15)6-13-11(18)12(3,4)5/h8H,6-7H2,1-5H3,(H,13,18)(H,16,17). The number of amides is 2. The highest BCUT2D eigenvalue weighted by Gasteiger charge is 2.24. The molecule has 0 radical (unpaired) electrons. The minimum Gasteiger partial charge on any atom is -0.480 e. The van der Waals surface area contributed by atoms with Gasteiger partial charge >= 0.3 is 5.97 Å². The third-order valence-electron chi connectivity index (χ3n) is 2.33. The van der Waals surface area contributed by atoms with Crippen molar-refractivity contribution in [2.45, 2.75) is 40.7 Å². The lowest BCUT2D eigenvalue weighted by Crippen LogP contribution is -2.47. The van der Waals surface area contributed by atoms with Gasteiger partial charge in [0.2, 0.25) is 11.8 Å². The van der Waals surface area contributed by atoms with Crippen LogP contribution in [0.3, 0.4) is 0 Å². The molecule has 0 aromatic carbocycles. The van der Waals surface area contributed by atoms with Crippen LogP contribution < -0.4 is 5.32 Å². The Labute approximate surface area is 107 Å². The van der Waals surface area contributed by atoms with E-state index in [0.29, 0.717) is 0 Å². The van der Waals surface area contributed by atoms with Crippen LogP contribution in [-0.4, -0.2) is 46.9 Å². The van der Waals surface area contributed by atoms with Crippen LogP contribution in [-0.2, 0) is 14.4 Å². The predicted molar refractivity (Wildman–Crippen MR) is 66.9 cm³/mol. The lowest BCUT2D eigenvalue weighted by Gasteiger charge is -2.26. The summed E-state index contributed by atoms with van der Waals surface area (Å²) >= 11 is 0. The molecule has 104 valence electrons. The van der Waals surface area contributed by atoms with Gasteiger partial charge in [-0.1, -0.05) is 20.8 Å². The van der Waals surface area contributed by atoms with E-state index < -0.39 is 17.3 Å². The van der Waals surface area contributed by atoms with Crippen molar-refractivity contribution < 1.29 is 19.5 Å². The molecular weight excluding hydrogens is 236 g/mol. The quantitative estimate of drug-likeness (QED) is 0.750. The first-order valence-electron chi connectivity index (χ1n) is 5.85. The van der Waals surface area contributed by atoms with E-state index in [1.807, 2.05) is 0 Å². The van der Waals surface area contributed by atoms with Gasteiger partial charge in [-0.3, -0.25) is 14.4 Å². The molecule has 0 bridgehead atoms. The van der Waals surface area contributed by atoms with Crippen molar-refractivity contribution in [3.8, 4) is 0 Å². The molecule has 0 aliphatic heterocycles. The summed E-state index contributed by atoms with van der Waals surface area (Å²) in [5.41, 5.74) is -0.574. The molecule has 0 rings (SSSR count). The average Bonchev–Trinajstić information content (AvgIpc) is 2.19. The van der Waals surface area contributed by atoms with E-state index in [-0.39, 0.29) is 25.0 Å². The Morgan fingerprint density at radius 2 is 1.72 bits per heavy atom. The molecule has 6 nitrogen and oxygen atoms in total. The molecule has 6 heteroatoms. The summed E-state index contributed by atoms with van der Waals surface area (Å²) in [6.07, 6.45) is 0. The van der Waals surface area contributed by atoms with Gasteiger partial charge in [-0.25, -0.2) is 0 Å². The molecule has 0 aromatic heterocycles. The Hall–Kier alpha value is -1.59. The van der Waals surface area contributed by atoms with Gasteiger partial charge in [0, 0.05) is 11.5 Å². The molecule has 0 aliphatic carbocycles. The first kappa shape index (κ1) is 16.4. The number of carbonyl (C=O) groups is 3. The van der Waals surface area contributed by atoms with Crippen LogP contribution in [0.15, 0.2) is 0 Å². The normalized spacial score (nSPS) is 11.2. The van der Waals surface area contributed by atoms with Crippen molar-refractivity contribution in [3.63, 3.8) is 0 Å². The smallest absolute Gasteiger partial charge is 0.323 e. The van der Waals surface area contributed by atoms with Gasteiger partial charge in [0.15, 0.2) is 0 Å². The van der Waals surface area contributed by atoms with Gasteiger partial charge in [-0.2, -0.15) is 0 Å². The first-order valence-corrected chi connectivity index (χ1v) is 5.85. The van der Waals surface area contributed by atoms with E-state index in [0.717, 1.165) is 0 Å². The fourth-order valence-electron chi connectivity index (χ4n) is 1.23. The van der Waals surface area contributed by atoms with Gasteiger partial charge in [0.25, 0.3) is 0 Å². The number of nitrogens with one attached hydrogen (secondary N) is 1.